The summed E-state index contributed by atoms with van der Waals surface area (Å²) in [6.07, 6.45) is 1.04. The molecule has 84 valence electrons. The summed E-state index contributed by atoms with van der Waals surface area (Å²) in [5.41, 5.74) is 0.336. The van der Waals surface area contributed by atoms with Crippen molar-refractivity contribution in [3.8, 4) is 6.07 Å². The molecule has 1 saturated heterocycles. The van der Waals surface area contributed by atoms with E-state index in [4.69, 9.17) is 5.26 Å². The van der Waals surface area contributed by atoms with Crippen LogP contribution < -0.4 is 10.6 Å². The van der Waals surface area contributed by atoms with Gasteiger partial charge in [0.05, 0.1) is 6.10 Å². The van der Waals surface area contributed by atoms with E-state index >= 15 is 0 Å². The predicted octanol–water partition coefficient (Wildman–Crippen LogP) is -0.660. The number of hydrogen-bond donors (Lipinski definition) is 3. The van der Waals surface area contributed by atoms with Crippen LogP contribution in [0.4, 0.5) is 5.82 Å². The highest BCUT2D eigenvalue weighted by atomic mass is 16.3. The molecule has 0 saturated carbocycles. The zero-order valence-corrected chi connectivity index (χ0v) is 8.72. The number of nitrogens with one attached hydrogen (secondary N) is 2. The highest BCUT2D eigenvalue weighted by molar-refractivity contribution is 5.38. The summed E-state index contributed by atoms with van der Waals surface area (Å²) in [6, 6.07) is 3.54. The first-order valence-electron chi connectivity index (χ1n) is 5.14. The van der Waals surface area contributed by atoms with Gasteiger partial charge < -0.3 is 15.7 Å². The molecule has 2 unspecified atom stereocenters. The van der Waals surface area contributed by atoms with Gasteiger partial charge in [-0.3, -0.25) is 0 Å². The third-order valence-electron chi connectivity index (χ3n) is 2.63. The van der Waals surface area contributed by atoms with Gasteiger partial charge in [-0.15, -0.1) is 0 Å². The lowest BCUT2D eigenvalue weighted by atomic mass is 10.1. The number of aliphatic hydroxyl groups is 1. The molecule has 0 aliphatic carbocycles. The topological polar surface area (TPSA) is 93.9 Å². The number of nitriles is 1. The van der Waals surface area contributed by atoms with Gasteiger partial charge in [-0.1, -0.05) is 0 Å². The summed E-state index contributed by atoms with van der Waals surface area (Å²) in [4.78, 5) is 7.78. The van der Waals surface area contributed by atoms with Crippen LogP contribution in [0.1, 0.15) is 5.69 Å². The van der Waals surface area contributed by atoms with Gasteiger partial charge in [0.15, 0.2) is 0 Å². The molecule has 0 amide bonds. The van der Waals surface area contributed by atoms with E-state index in [1.54, 1.807) is 6.07 Å². The van der Waals surface area contributed by atoms with Crippen molar-refractivity contribution >= 4 is 5.82 Å². The molecule has 0 bridgehead atoms. The molecule has 3 N–H and O–H groups in total. The number of rotatable bonds is 3. The van der Waals surface area contributed by atoms with Gasteiger partial charge in [0.1, 0.15) is 23.9 Å². The Balaban J connectivity index is 1.92. The molecule has 2 heterocycles. The summed E-state index contributed by atoms with van der Waals surface area (Å²) in [7, 11) is 0. The van der Waals surface area contributed by atoms with Gasteiger partial charge in [0.2, 0.25) is 0 Å². The fraction of sp³-hybridized carbons (Fsp3) is 0.500. The van der Waals surface area contributed by atoms with Crippen LogP contribution >= 0.6 is 0 Å². The maximum Gasteiger partial charge on any atom is 0.145 e. The SMILES string of the molecule is N#Cc1cc(NCC2CNCC2O)ncn1. The first-order chi connectivity index (χ1) is 7.79. The summed E-state index contributed by atoms with van der Waals surface area (Å²) in [6.45, 7) is 2.07. The van der Waals surface area contributed by atoms with Crippen LogP contribution in [0.3, 0.4) is 0 Å². The van der Waals surface area contributed by atoms with Crippen molar-refractivity contribution in [2.24, 2.45) is 5.92 Å². The second-order valence-corrected chi connectivity index (χ2v) is 3.77. The quantitative estimate of drug-likeness (QED) is 0.625. The summed E-state index contributed by atoms with van der Waals surface area (Å²) in [5.74, 6) is 0.797. The van der Waals surface area contributed by atoms with E-state index in [0.29, 0.717) is 24.6 Å². The van der Waals surface area contributed by atoms with Gasteiger partial charge in [-0.25, -0.2) is 9.97 Å². The van der Waals surface area contributed by atoms with Crippen molar-refractivity contribution in [1.82, 2.24) is 15.3 Å². The Morgan fingerprint density at radius 1 is 1.56 bits per heavy atom. The number of anilines is 1. The van der Waals surface area contributed by atoms with Crippen LogP contribution in [0.15, 0.2) is 12.4 Å². The van der Waals surface area contributed by atoms with Crippen LogP contribution in [0.25, 0.3) is 0 Å². The average molecular weight is 219 g/mol. The normalized spacial score (nSPS) is 24.0. The van der Waals surface area contributed by atoms with Gasteiger partial charge in [0, 0.05) is 31.6 Å². The summed E-state index contributed by atoms with van der Waals surface area (Å²) >= 11 is 0. The molecule has 1 aromatic rings. The van der Waals surface area contributed by atoms with Crippen molar-refractivity contribution < 1.29 is 5.11 Å². The van der Waals surface area contributed by atoms with Gasteiger partial charge >= 0.3 is 0 Å². The Hall–Kier alpha value is -1.71. The Morgan fingerprint density at radius 2 is 2.44 bits per heavy atom. The van der Waals surface area contributed by atoms with Crippen molar-refractivity contribution in [3.05, 3.63) is 18.1 Å². The van der Waals surface area contributed by atoms with Crippen LogP contribution in [0.2, 0.25) is 0 Å². The third kappa shape index (κ3) is 2.45. The Kier molecular flexibility index (Phi) is 3.29. The number of β-amino-alcohol motifs (C(OH)–C–C–N with tert-alkyl or cyclic N) is 1. The molecule has 6 heteroatoms. The molecule has 16 heavy (non-hydrogen) atoms. The minimum atomic E-state index is -0.315. The average Bonchev–Trinajstić information content (AvgIpc) is 2.72. The highest BCUT2D eigenvalue weighted by Gasteiger charge is 2.24. The highest BCUT2D eigenvalue weighted by Crippen LogP contribution is 2.10. The first-order valence-corrected chi connectivity index (χ1v) is 5.14. The van der Waals surface area contributed by atoms with E-state index in [0.717, 1.165) is 6.54 Å². The van der Waals surface area contributed by atoms with Crippen molar-refractivity contribution in [2.75, 3.05) is 25.0 Å². The number of aliphatic hydroxyl groups excluding tert-OH is 1. The first kappa shape index (κ1) is 10.8. The van der Waals surface area contributed by atoms with Gasteiger partial charge in [-0.05, 0) is 0 Å². The minimum absolute atomic E-state index is 0.181. The van der Waals surface area contributed by atoms with E-state index in [1.807, 2.05) is 6.07 Å². The molecule has 0 radical (unpaired) electrons. The Morgan fingerprint density at radius 3 is 3.12 bits per heavy atom. The van der Waals surface area contributed by atoms with Crippen LogP contribution in [0, 0.1) is 17.2 Å². The van der Waals surface area contributed by atoms with E-state index < -0.39 is 0 Å². The minimum Gasteiger partial charge on any atom is -0.391 e. The molecule has 2 atom stereocenters. The predicted molar refractivity (Wildman–Crippen MR) is 57.6 cm³/mol. The largest absolute Gasteiger partial charge is 0.391 e. The van der Waals surface area contributed by atoms with E-state index in [9.17, 15) is 5.11 Å². The summed E-state index contributed by atoms with van der Waals surface area (Å²) < 4.78 is 0. The zero-order chi connectivity index (χ0) is 11.4. The lowest BCUT2D eigenvalue weighted by Gasteiger charge is -2.14. The van der Waals surface area contributed by atoms with Gasteiger partial charge in [-0.2, -0.15) is 5.26 Å². The zero-order valence-electron chi connectivity index (χ0n) is 8.72. The second kappa shape index (κ2) is 4.88. The number of nitrogens with zero attached hydrogens (tertiary/aromatic N) is 3. The van der Waals surface area contributed by atoms with E-state index in [2.05, 4.69) is 20.6 Å². The molecule has 1 aliphatic heterocycles. The smallest absolute Gasteiger partial charge is 0.145 e. The Labute approximate surface area is 93.3 Å². The maximum absolute atomic E-state index is 9.58. The van der Waals surface area contributed by atoms with Gasteiger partial charge in [0.25, 0.3) is 0 Å². The molecule has 1 aliphatic rings. The molecular weight excluding hydrogens is 206 g/mol. The standard InChI is InChI=1S/C10H13N5O/c11-2-8-1-10(15-6-14-8)13-4-7-3-12-5-9(7)16/h1,6-7,9,12,16H,3-5H2,(H,13,14,15). The van der Waals surface area contributed by atoms with Crippen LogP contribution in [0.5, 0.6) is 0 Å². The molecule has 1 aromatic heterocycles. The molecule has 0 spiro atoms. The number of aromatic nitrogens is 2. The van der Waals surface area contributed by atoms with Crippen LogP contribution in [-0.2, 0) is 0 Å². The molecular formula is C10H13N5O. The Bertz CT molecular complexity index is 402. The van der Waals surface area contributed by atoms with Crippen molar-refractivity contribution in [3.63, 3.8) is 0 Å². The lowest BCUT2D eigenvalue weighted by molar-refractivity contribution is 0.153. The molecule has 0 aromatic carbocycles. The second-order valence-electron chi connectivity index (χ2n) is 3.77. The lowest BCUT2D eigenvalue weighted by Crippen LogP contribution is -2.25. The monoisotopic (exact) mass is 219 g/mol. The van der Waals surface area contributed by atoms with Crippen molar-refractivity contribution in [1.29, 1.82) is 5.26 Å². The fourth-order valence-corrected chi connectivity index (χ4v) is 1.68. The van der Waals surface area contributed by atoms with E-state index in [1.165, 1.54) is 6.33 Å². The van der Waals surface area contributed by atoms with Crippen LogP contribution in [-0.4, -0.2) is 40.8 Å². The maximum atomic E-state index is 9.58. The number of hydrogen-bond acceptors (Lipinski definition) is 6. The molecule has 2 rings (SSSR count). The third-order valence-corrected chi connectivity index (χ3v) is 2.63. The van der Waals surface area contributed by atoms with Crippen molar-refractivity contribution in [2.45, 2.75) is 6.10 Å². The molecule has 6 nitrogen and oxygen atoms in total. The summed E-state index contributed by atoms with van der Waals surface area (Å²) in [5, 5.41) is 24.4. The molecule has 1 fully saturated rings. The van der Waals surface area contributed by atoms with E-state index in [-0.39, 0.29) is 12.0 Å². The fourth-order valence-electron chi connectivity index (χ4n) is 1.68.